The lowest BCUT2D eigenvalue weighted by Gasteiger charge is -2.29. The number of aromatic nitrogens is 1. The summed E-state index contributed by atoms with van der Waals surface area (Å²) in [4.78, 5) is 164. The molecule has 2 saturated heterocycles. The Kier molecular flexibility index (Phi) is 25.0. The minimum absolute atomic E-state index is 0.0192. The zero-order valence-corrected chi connectivity index (χ0v) is 49.5. The molecule has 1 aromatic heterocycles. The van der Waals surface area contributed by atoms with Gasteiger partial charge in [0.05, 0.1) is 18.9 Å². The van der Waals surface area contributed by atoms with Crippen LogP contribution in [0.3, 0.4) is 0 Å². The fourth-order valence-electron chi connectivity index (χ4n) is 9.79. The summed E-state index contributed by atoms with van der Waals surface area (Å²) in [6.07, 6.45) is 2.61. The van der Waals surface area contributed by atoms with Crippen molar-refractivity contribution in [2.24, 2.45) is 16.6 Å². The van der Waals surface area contributed by atoms with Crippen LogP contribution in [-0.4, -0.2) is 177 Å². The monoisotopic (exact) mass is 1220 g/mol. The summed E-state index contributed by atoms with van der Waals surface area (Å²) in [5.74, 6) is -9.80. The Bertz CT molecular complexity index is 2940. The van der Waals surface area contributed by atoms with Gasteiger partial charge in [-0.05, 0) is 62.1 Å². The van der Waals surface area contributed by atoms with Gasteiger partial charge in [-0.1, -0.05) is 104 Å². The SMILES string of the molecule is CCCC[C@@H](C(=O)N[C@H]1CSSC[C@@H](C(C)=O)NC(=O)[C@H](Cc2c[nH]c3ccccc23)NC(=O)[C@H](CCCNC(=N)N)NC(=O)[C@@H](Cc2ccccc2)NC(=O)[C@H](CC2CN=CN2)NC(=O)[C@H](CCC(=O)O)NC1=O)N1C(=O)N[C@@H](C(C)C)C1=O. The van der Waals surface area contributed by atoms with Gasteiger partial charge in [0.2, 0.25) is 41.4 Å². The molecule has 2 fully saturated rings. The Labute approximate surface area is 499 Å². The number of ketones is 1. The number of amides is 10. The number of rotatable bonds is 21. The molecule has 2 aromatic carbocycles. The number of unbranched alkanes of at least 4 members (excludes halogenated alkanes) is 1. The first-order valence-corrected chi connectivity index (χ1v) is 30.8. The summed E-state index contributed by atoms with van der Waals surface area (Å²) in [7, 11) is 2.00. The van der Waals surface area contributed by atoms with Crippen molar-refractivity contribution < 1.29 is 57.8 Å². The number of carbonyl (C=O) groups is 11. The molecular weight excluding hydrogens is 1140 g/mol. The number of urea groups is 1. The number of hydrogen-bond donors (Lipinski definition) is 14. The number of Topliss-reactive ketones (excluding diaryl/α,β-unsaturated/α-hetero) is 1. The number of carbonyl (C=O) groups excluding carboxylic acids is 10. The van der Waals surface area contributed by atoms with E-state index < -0.39 is 138 Å². The largest absolute Gasteiger partial charge is 0.481 e. The molecule has 3 aromatic rings. The number of benzene rings is 2. The van der Waals surface area contributed by atoms with Crippen LogP contribution in [0.25, 0.3) is 10.9 Å². The Morgan fingerprint density at radius 1 is 0.765 bits per heavy atom. The van der Waals surface area contributed by atoms with E-state index >= 15 is 0 Å². The number of aliphatic carboxylic acids is 1. The van der Waals surface area contributed by atoms with Crippen molar-refractivity contribution in [1.82, 2.24) is 63.1 Å². The average molecular weight is 1220 g/mol. The van der Waals surface area contributed by atoms with Crippen molar-refractivity contribution in [2.75, 3.05) is 24.6 Å². The van der Waals surface area contributed by atoms with Gasteiger partial charge in [0.1, 0.15) is 48.3 Å². The summed E-state index contributed by atoms with van der Waals surface area (Å²) in [5, 5.41) is 45.6. The highest BCUT2D eigenvalue weighted by atomic mass is 33.1. The van der Waals surface area contributed by atoms with Crippen LogP contribution in [0.4, 0.5) is 4.79 Å². The second kappa shape index (κ2) is 32.2. The van der Waals surface area contributed by atoms with Crippen LogP contribution in [0.15, 0.2) is 65.8 Å². The molecule has 27 nitrogen and oxygen atoms in total. The molecule has 3 aliphatic rings. The number of imide groups is 1. The van der Waals surface area contributed by atoms with E-state index in [-0.39, 0.29) is 75.0 Å². The molecule has 6 rings (SSSR count). The van der Waals surface area contributed by atoms with E-state index in [0.717, 1.165) is 37.4 Å². The number of nitrogens with one attached hydrogen (secondary N) is 12. The summed E-state index contributed by atoms with van der Waals surface area (Å²) in [6, 6.07) is 2.08. The molecule has 10 amide bonds. The zero-order chi connectivity index (χ0) is 61.7. The van der Waals surface area contributed by atoms with Gasteiger partial charge < -0.3 is 69.0 Å². The first-order chi connectivity index (χ1) is 40.6. The van der Waals surface area contributed by atoms with Gasteiger partial charge in [-0.3, -0.25) is 58.3 Å². The van der Waals surface area contributed by atoms with E-state index in [4.69, 9.17) is 11.1 Å². The smallest absolute Gasteiger partial charge is 0.325 e. The number of H-pyrrole nitrogens is 1. The lowest BCUT2D eigenvalue weighted by atomic mass is 10.0. The molecule has 15 N–H and O–H groups in total. The first kappa shape index (κ1) is 65.9. The van der Waals surface area contributed by atoms with Crippen LogP contribution in [0.5, 0.6) is 0 Å². The van der Waals surface area contributed by atoms with Gasteiger partial charge in [-0.15, -0.1) is 0 Å². The minimum Gasteiger partial charge on any atom is -0.481 e. The van der Waals surface area contributed by atoms with Gasteiger partial charge >= 0.3 is 12.0 Å². The van der Waals surface area contributed by atoms with Crippen molar-refractivity contribution in [3.63, 3.8) is 0 Å². The van der Waals surface area contributed by atoms with E-state index in [1.54, 1.807) is 56.4 Å². The molecule has 1 unspecified atom stereocenters. The lowest BCUT2D eigenvalue weighted by molar-refractivity contribution is -0.139. The van der Waals surface area contributed by atoms with E-state index in [0.29, 0.717) is 24.0 Å². The van der Waals surface area contributed by atoms with Crippen LogP contribution in [0.2, 0.25) is 0 Å². The van der Waals surface area contributed by atoms with E-state index in [9.17, 15) is 57.8 Å². The van der Waals surface area contributed by atoms with Crippen LogP contribution in [0.1, 0.15) is 90.2 Å². The van der Waals surface area contributed by atoms with E-state index in [1.165, 1.54) is 13.3 Å². The quantitative estimate of drug-likeness (QED) is 0.0219. The molecule has 4 heterocycles. The van der Waals surface area contributed by atoms with Crippen molar-refractivity contribution in [2.45, 2.75) is 152 Å². The van der Waals surface area contributed by atoms with Crippen molar-refractivity contribution in [3.8, 4) is 0 Å². The number of nitrogens with zero attached hydrogens (tertiary/aromatic N) is 2. The van der Waals surface area contributed by atoms with Gasteiger partial charge in [-0.2, -0.15) is 0 Å². The highest BCUT2D eigenvalue weighted by Gasteiger charge is 2.46. The van der Waals surface area contributed by atoms with E-state index in [1.807, 2.05) is 25.1 Å². The van der Waals surface area contributed by atoms with Gasteiger partial charge in [0, 0.05) is 60.5 Å². The number of fused-ring (bicyclic) bond motifs is 1. The Morgan fingerprint density at radius 2 is 1.38 bits per heavy atom. The highest BCUT2D eigenvalue weighted by Crippen LogP contribution is 2.26. The van der Waals surface area contributed by atoms with Crippen molar-refractivity contribution in [3.05, 3.63) is 71.9 Å². The Hall–Kier alpha value is -8.21. The number of aromatic amines is 1. The molecule has 460 valence electrons. The number of carboxylic acid groups (broad SMARTS) is 1. The first-order valence-electron chi connectivity index (χ1n) is 28.3. The lowest BCUT2D eigenvalue weighted by Crippen LogP contribution is -2.61. The number of carboxylic acids is 1. The van der Waals surface area contributed by atoms with E-state index in [2.05, 4.69) is 63.1 Å². The van der Waals surface area contributed by atoms with Crippen LogP contribution in [-0.2, 0) is 60.8 Å². The molecule has 0 spiro atoms. The third kappa shape index (κ3) is 19.4. The van der Waals surface area contributed by atoms with Crippen LogP contribution < -0.4 is 58.9 Å². The molecule has 10 atom stereocenters. The third-order valence-corrected chi connectivity index (χ3v) is 17.0. The minimum atomic E-state index is -1.67. The third-order valence-electron chi connectivity index (χ3n) is 14.5. The van der Waals surface area contributed by atoms with Gasteiger partial charge in [0.25, 0.3) is 5.91 Å². The fourth-order valence-corrected chi connectivity index (χ4v) is 12.2. The normalized spacial score (nSPS) is 24.4. The van der Waals surface area contributed by atoms with Crippen LogP contribution in [0, 0.1) is 11.3 Å². The number of para-hydroxylation sites is 1. The Balaban J connectivity index is 1.42. The molecular formula is C56H77N15O12S2. The number of guanidine groups is 1. The highest BCUT2D eigenvalue weighted by molar-refractivity contribution is 8.76. The maximum atomic E-state index is 14.8. The predicted molar refractivity (Wildman–Crippen MR) is 319 cm³/mol. The standard InChI is InChI=1S/C56H77N15O12S2/c1-5-6-18-44(71-54(82)46(30(2)3)70-56(71)83)53(81)69-43-28-85-84-27-42(31(4)72)68-50(78)40(23-33-25-61-36-16-11-10-15-35(33)36)66-47(75)37(17-12-21-60-55(57)58)63-49(77)39(22-32-13-8-7-9-14-32)65-51(79)41(24-34-26-59-29-62-34)67-48(76)38(64-52(43)80)19-20-45(73)74/h7-11,13-16,25,29-30,34,37-44,46,61H,5-6,12,17-24,26-28H2,1-4H3,(H,59,62)(H,63,77)(H,64,80)(H,65,79)(H,66,75)(H,67,76)(H,68,78)(H,69,81)(H,70,83)(H,73,74)(H4,57,58,60)/t34?,37-,38-,39+,40-,41-,42-,43-,44-,46-/m0/s1. The average Bonchev–Trinajstić information content (AvgIpc) is 3.94. The summed E-state index contributed by atoms with van der Waals surface area (Å²) in [6.45, 7) is 6.83. The molecule has 0 bridgehead atoms. The topological polar surface area (TPSA) is 410 Å². The predicted octanol–water partition coefficient (Wildman–Crippen LogP) is -0.0158. The number of hydrogen-bond acceptors (Lipinski definition) is 16. The summed E-state index contributed by atoms with van der Waals surface area (Å²) >= 11 is 0. The Morgan fingerprint density at radius 3 is 2.02 bits per heavy atom. The van der Waals surface area contributed by atoms with Gasteiger partial charge in [0.15, 0.2) is 11.7 Å². The second-order valence-corrected chi connectivity index (χ2v) is 24.0. The number of nitrogens with two attached hydrogens (primary N) is 1. The van der Waals surface area contributed by atoms with Gasteiger partial charge in [-0.25, -0.2) is 9.69 Å². The summed E-state index contributed by atoms with van der Waals surface area (Å²) in [5.41, 5.74) is 7.50. The molecule has 3 aliphatic heterocycles. The molecule has 0 aliphatic carbocycles. The molecule has 85 heavy (non-hydrogen) atoms. The van der Waals surface area contributed by atoms with Crippen molar-refractivity contribution >= 4 is 110 Å². The summed E-state index contributed by atoms with van der Waals surface area (Å²) < 4.78 is 0. The maximum absolute atomic E-state index is 14.8. The molecule has 29 heteroatoms. The number of aliphatic imine (C=N–C) groups is 1. The maximum Gasteiger partial charge on any atom is 0.325 e. The molecule has 0 radical (unpaired) electrons. The zero-order valence-electron chi connectivity index (χ0n) is 47.8. The fraction of sp³-hybridized carbons (Fsp3) is 0.518. The molecule has 0 saturated carbocycles. The van der Waals surface area contributed by atoms with Crippen molar-refractivity contribution in [1.29, 1.82) is 5.41 Å². The van der Waals surface area contributed by atoms with Crippen LogP contribution >= 0.6 is 21.6 Å². The second-order valence-electron chi connectivity index (χ2n) is 21.4.